The van der Waals surface area contributed by atoms with E-state index in [1.54, 1.807) is 18.3 Å². The van der Waals surface area contributed by atoms with Crippen LogP contribution >= 0.6 is 11.6 Å². The highest BCUT2D eigenvalue weighted by Crippen LogP contribution is 2.19. The fourth-order valence-corrected chi connectivity index (χ4v) is 1.94. The van der Waals surface area contributed by atoms with Gasteiger partial charge in [-0.1, -0.05) is 29.8 Å². The summed E-state index contributed by atoms with van der Waals surface area (Å²) < 4.78 is 0. The molecule has 4 nitrogen and oxygen atoms in total. The fraction of sp³-hybridized carbons (Fsp3) is 0.200. The zero-order chi connectivity index (χ0) is 14.4. The lowest BCUT2D eigenvalue weighted by molar-refractivity contribution is -0.115. The standard InChI is InChI=1S/C15H16ClN3O/c1-11-5-4-8-18-14(11)9-17-10-15(20)19-13-7-3-2-6-12(13)16/h2-8,17H,9-10H2,1H3,(H,19,20). The van der Waals surface area contributed by atoms with Crippen LogP contribution in [0.15, 0.2) is 42.6 Å². The number of hydrogen-bond acceptors (Lipinski definition) is 3. The number of amides is 1. The van der Waals surface area contributed by atoms with E-state index in [9.17, 15) is 4.79 Å². The number of hydrogen-bond donors (Lipinski definition) is 2. The molecule has 2 aromatic rings. The second-order valence-corrected chi connectivity index (χ2v) is 4.81. The third-order valence-corrected chi connectivity index (χ3v) is 3.17. The summed E-state index contributed by atoms with van der Waals surface area (Å²) >= 11 is 5.97. The van der Waals surface area contributed by atoms with Crippen molar-refractivity contribution in [3.63, 3.8) is 0 Å². The summed E-state index contributed by atoms with van der Waals surface area (Å²) in [5.74, 6) is -0.133. The number of carbonyl (C=O) groups is 1. The monoisotopic (exact) mass is 289 g/mol. The first-order valence-electron chi connectivity index (χ1n) is 6.32. The van der Waals surface area contributed by atoms with Gasteiger partial charge in [0.05, 0.1) is 22.9 Å². The third-order valence-electron chi connectivity index (χ3n) is 2.84. The molecule has 0 aliphatic heterocycles. The number of aromatic nitrogens is 1. The Hall–Kier alpha value is -1.91. The van der Waals surface area contributed by atoms with Crippen molar-refractivity contribution < 1.29 is 4.79 Å². The zero-order valence-electron chi connectivity index (χ0n) is 11.2. The van der Waals surface area contributed by atoms with Gasteiger partial charge in [0.2, 0.25) is 5.91 Å². The van der Waals surface area contributed by atoms with Crippen molar-refractivity contribution in [2.24, 2.45) is 0 Å². The van der Waals surface area contributed by atoms with E-state index in [0.29, 0.717) is 17.3 Å². The number of benzene rings is 1. The molecule has 1 aromatic heterocycles. The van der Waals surface area contributed by atoms with E-state index >= 15 is 0 Å². The average molecular weight is 290 g/mol. The highest BCUT2D eigenvalue weighted by Gasteiger charge is 2.05. The Morgan fingerprint density at radius 2 is 2.05 bits per heavy atom. The maximum absolute atomic E-state index is 11.8. The summed E-state index contributed by atoms with van der Waals surface area (Å²) in [6.07, 6.45) is 1.74. The second-order valence-electron chi connectivity index (χ2n) is 4.40. The third kappa shape index (κ3) is 4.05. The highest BCUT2D eigenvalue weighted by molar-refractivity contribution is 6.33. The Kier molecular flexibility index (Phi) is 5.09. The van der Waals surface area contributed by atoms with Crippen molar-refractivity contribution in [3.05, 3.63) is 58.9 Å². The van der Waals surface area contributed by atoms with Gasteiger partial charge in [-0.3, -0.25) is 9.78 Å². The number of pyridine rings is 1. The van der Waals surface area contributed by atoms with Crippen LogP contribution in [0.5, 0.6) is 0 Å². The maximum Gasteiger partial charge on any atom is 0.238 e. The molecule has 1 heterocycles. The molecule has 0 aliphatic carbocycles. The summed E-state index contributed by atoms with van der Waals surface area (Å²) in [6, 6.07) is 11.0. The second kappa shape index (κ2) is 7.03. The molecule has 5 heteroatoms. The molecule has 0 bridgehead atoms. The Balaban J connectivity index is 1.82. The van der Waals surface area contributed by atoms with Gasteiger partial charge >= 0.3 is 0 Å². The summed E-state index contributed by atoms with van der Waals surface area (Å²) in [6.45, 7) is 2.76. The molecule has 0 unspecified atom stereocenters. The highest BCUT2D eigenvalue weighted by atomic mass is 35.5. The number of halogens is 1. The van der Waals surface area contributed by atoms with E-state index in [2.05, 4.69) is 15.6 Å². The molecule has 0 aliphatic rings. The molecule has 0 spiro atoms. The molecule has 20 heavy (non-hydrogen) atoms. The summed E-state index contributed by atoms with van der Waals surface area (Å²) in [5.41, 5.74) is 2.67. The van der Waals surface area contributed by atoms with Crippen LogP contribution in [0, 0.1) is 6.92 Å². The molecule has 0 saturated carbocycles. The van der Waals surface area contributed by atoms with E-state index < -0.39 is 0 Å². The smallest absolute Gasteiger partial charge is 0.238 e. The lowest BCUT2D eigenvalue weighted by Gasteiger charge is -2.08. The first kappa shape index (κ1) is 14.5. The summed E-state index contributed by atoms with van der Waals surface area (Å²) in [7, 11) is 0. The van der Waals surface area contributed by atoms with Gasteiger partial charge in [0.15, 0.2) is 0 Å². The molecule has 1 aromatic carbocycles. The topological polar surface area (TPSA) is 54.0 Å². The van der Waals surface area contributed by atoms with E-state index in [4.69, 9.17) is 11.6 Å². The minimum atomic E-state index is -0.133. The van der Waals surface area contributed by atoms with Crippen LogP contribution in [0.3, 0.4) is 0 Å². The first-order valence-corrected chi connectivity index (χ1v) is 6.70. The number of carbonyl (C=O) groups excluding carboxylic acids is 1. The zero-order valence-corrected chi connectivity index (χ0v) is 11.9. The van der Waals surface area contributed by atoms with E-state index in [1.165, 1.54) is 0 Å². The van der Waals surface area contributed by atoms with Crippen LogP contribution in [-0.2, 0) is 11.3 Å². The fourth-order valence-electron chi connectivity index (χ4n) is 1.75. The number of anilines is 1. The predicted octanol–water partition coefficient (Wildman–Crippen LogP) is 2.77. The first-order chi connectivity index (χ1) is 9.66. The number of aryl methyl sites for hydroxylation is 1. The number of rotatable bonds is 5. The van der Waals surface area contributed by atoms with Crippen LogP contribution < -0.4 is 10.6 Å². The minimum absolute atomic E-state index is 0.133. The summed E-state index contributed by atoms with van der Waals surface area (Å²) in [5, 5.41) is 6.35. The maximum atomic E-state index is 11.8. The van der Waals surface area contributed by atoms with Crippen LogP contribution in [-0.4, -0.2) is 17.4 Å². The molecule has 1 amide bonds. The SMILES string of the molecule is Cc1cccnc1CNCC(=O)Nc1ccccc1Cl. The van der Waals surface area contributed by atoms with Crippen molar-refractivity contribution in [3.8, 4) is 0 Å². The van der Waals surface area contributed by atoms with E-state index in [1.807, 2.05) is 31.2 Å². The van der Waals surface area contributed by atoms with Gasteiger partial charge in [0.25, 0.3) is 0 Å². The van der Waals surface area contributed by atoms with Crippen molar-refractivity contribution in [2.75, 3.05) is 11.9 Å². The Morgan fingerprint density at radius 3 is 2.80 bits per heavy atom. The molecule has 0 fully saturated rings. The number of para-hydroxylation sites is 1. The van der Waals surface area contributed by atoms with Gasteiger partial charge in [0, 0.05) is 12.7 Å². The largest absolute Gasteiger partial charge is 0.324 e. The van der Waals surface area contributed by atoms with Crippen molar-refractivity contribution in [1.29, 1.82) is 0 Å². The summed E-state index contributed by atoms with van der Waals surface area (Å²) in [4.78, 5) is 16.0. The lowest BCUT2D eigenvalue weighted by Crippen LogP contribution is -2.28. The number of nitrogens with one attached hydrogen (secondary N) is 2. The molecule has 0 saturated heterocycles. The van der Waals surface area contributed by atoms with E-state index in [-0.39, 0.29) is 12.5 Å². The molecule has 2 rings (SSSR count). The molecule has 0 radical (unpaired) electrons. The Morgan fingerprint density at radius 1 is 1.25 bits per heavy atom. The Labute approximate surface area is 123 Å². The molecule has 2 N–H and O–H groups in total. The van der Waals surface area contributed by atoms with Gasteiger partial charge in [0.1, 0.15) is 0 Å². The average Bonchev–Trinajstić information content (AvgIpc) is 2.43. The lowest BCUT2D eigenvalue weighted by atomic mass is 10.2. The normalized spacial score (nSPS) is 10.3. The van der Waals surface area contributed by atoms with Gasteiger partial charge in [-0.05, 0) is 30.7 Å². The van der Waals surface area contributed by atoms with Gasteiger partial charge in [-0.2, -0.15) is 0 Å². The number of nitrogens with zero attached hydrogens (tertiary/aromatic N) is 1. The molecular weight excluding hydrogens is 274 g/mol. The molecule has 104 valence electrons. The minimum Gasteiger partial charge on any atom is -0.324 e. The van der Waals surface area contributed by atoms with Crippen LogP contribution in [0.4, 0.5) is 5.69 Å². The van der Waals surface area contributed by atoms with Crippen LogP contribution in [0.2, 0.25) is 5.02 Å². The van der Waals surface area contributed by atoms with Crippen molar-refractivity contribution in [1.82, 2.24) is 10.3 Å². The molecule has 0 atom stereocenters. The van der Waals surface area contributed by atoms with Gasteiger partial charge < -0.3 is 10.6 Å². The van der Waals surface area contributed by atoms with E-state index in [0.717, 1.165) is 11.3 Å². The predicted molar refractivity (Wildman–Crippen MR) is 80.8 cm³/mol. The Bertz CT molecular complexity index is 601. The molecular formula is C15H16ClN3O. The van der Waals surface area contributed by atoms with Crippen molar-refractivity contribution >= 4 is 23.2 Å². The van der Waals surface area contributed by atoms with Crippen LogP contribution in [0.25, 0.3) is 0 Å². The quantitative estimate of drug-likeness (QED) is 0.890. The van der Waals surface area contributed by atoms with Crippen molar-refractivity contribution in [2.45, 2.75) is 13.5 Å². The van der Waals surface area contributed by atoms with Crippen LogP contribution in [0.1, 0.15) is 11.3 Å². The van der Waals surface area contributed by atoms with Gasteiger partial charge in [-0.15, -0.1) is 0 Å². The van der Waals surface area contributed by atoms with Gasteiger partial charge in [-0.25, -0.2) is 0 Å².